The molecule has 1 unspecified atom stereocenters. The second-order valence-corrected chi connectivity index (χ2v) is 7.06. The molecule has 0 saturated carbocycles. The standard InChI is InChI=1S/C14H22O4S/c1-3-19(16,17)10-4-5-13(15)11-12-6-8-14(18-2)9-7-12/h6-9,13,15H,3-5,10-11H2,1-2H3. The highest BCUT2D eigenvalue weighted by molar-refractivity contribution is 7.91. The molecule has 0 amide bonds. The van der Waals surface area contributed by atoms with E-state index in [0.29, 0.717) is 19.3 Å². The Hall–Kier alpha value is -1.07. The molecule has 1 aromatic rings. The van der Waals surface area contributed by atoms with Crippen LogP contribution in [0.3, 0.4) is 0 Å². The Morgan fingerprint density at radius 1 is 1.26 bits per heavy atom. The van der Waals surface area contributed by atoms with E-state index < -0.39 is 15.9 Å². The first-order chi connectivity index (χ1) is 8.96. The molecule has 1 N–H and O–H groups in total. The van der Waals surface area contributed by atoms with E-state index in [4.69, 9.17) is 4.74 Å². The normalized spacial score (nSPS) is 13.2. The van der Waals surface area contributed by atoms with Crippen LogP contribution in [0.2, 0.25) is 0 Å². The van der Waals surface area contributed by atoms with Gasteiger partial charge in [0.25, 0.3) is 0 Å². The first-order valence-corrected chi connectivity index (χ1v) is 8.30. The number of aliphatic hydroxyl groups is 1. The van der Waals surface area contributed by atoms with Crippen molar-refractivity contribution in [3.8, 4) is 5.75 Å². The molecule has 0 saturated heterocycles. The zero-order valence-electron chi connectivity index (χ0n) is 11.5. The Kier molecular flexibility index (Phi) is 6.31. The van der Waals surface area contributed by atoms with Crippen molar-refractivity contribution in [2.75, 3.05) is 18.6 Å². The summed E-state index contributed by atoms with van der Waals surface area (Å²) >= 11 is 0. The smallest absolute Gasteiger partial charge is 0.150 e. The van der Waals surface area contributed by atoms with Gasteiger partial charge in [-0.3, -0.25) is 0 Å². The van der Waals surface area contributed by atoms with Crippen LogP contribution in [0.4, 0.5) is 0 Å². The molecular weight excluding hydrogens is 264 g/mol. The second-order valence-electron chi connectivity index (χ2n) is 4.58. The molecular formula is C14H22O4S. The monoisotopic (exact) mass is 286 g/mol. The minimum atomic E-state index is -2.92. The molecule has 1 rings (SSSR count). The fourth-order valence-corrected chi connectivity index (χ4v) is 2.71. The summed E-state index contributed by atoms with van der Waals surface area (Å²) < 4.78 is 27.7. The number of benzene rings is 1. The predicted molar refractivity (Wildman–Crippen MR) is 76.3 cm³/mol. The number of hydrogen-bond donors (Lipinski definition) is 1. The van der Waals surface area contributed by atoms with Gasteiger partial charge in [0.05, 0.1) is 19.0 Å². The molecule has 108 valence electrons. The number of aliphatic hydroxyl groups excluding tert-OH is 1. The van der Waals surface area contributed by atoms with E-state index in [1.165, 1.54) is 0 Å². The van der Waals surface area contributed by atoms with E-state index in [9.17, 15) is 13.5 Å². The maximum absolute atomic E-state index is 11.3. The molecule has 1 aromatic carbocycles. The molecule has 1 atom stereocenters. The van der Waals surface area contributed by atoms with Crippen molar-refractivity contribution in [2.45, 2.75) is 32.3 Å². The van der Waals surface area contributed by atoms with E-state index in [2.05, 4.69) is 0 Å². The van der Waals surface area contributed by atoms with Crippen LogP contribution in [0.15, 0.2) is 24.3 Å². The summed E-state index contributed by atoms with van der Waals surface area (Å²) in [7, 11) is -1.32. The maximum atomic E-state index is 11.3. The van der Waals surface area contributed by atoms with Gasteiger partial charge in [0, 0.05) is 5.75 Å². The number of sulfone groups is 1. The van der Waals surface area contributed by atoms with Crippen molar-refractivity contribution in [1.82, 2.24) is 0 Å². The van der Waals surface area contributed by atoms with Crippen molar-refractivity contribution >= 4 is 9.84 Å². The molecule has 0 radical (unpaired) electrons. The first kappa shape index (κ1) is 16.0. The fourth-order valence-electron chi connectivity index (χ4n) is 1.82. The van der Waals surface area contributed by atoms with Gasteiger partial charge in [-0.2, -0.15) is 0 Å². The Labute approximate surface area is 115 Å². The van der Waals surface area contributed by atoms with E-state index in [-0.39, 0.29) is 11.5 Å². The summed E-state index contributed by atoms with van der Waals surface area (Å²) in [6.45, 7) is 1.64. The van der Waals surface area contributed by atoms with E-state index in [1.807, 2.05) is 24.3 Å². The molecule has 0 heterocycles. The van der Waals surface area contributed by atoms with Crippen molar-refractivity contribution in [1.29, 1.82) is 0 Å². The minimum absolute atomic E-state index is 0.156. The molecule has 19 heavy (non-hydrogen) atoms. The second kappa shape index (κ2) is 7.50. The van der Waals surface area contributed by atoms with Crippen LogP contribution in [-0.2, 0) is 16.3 Å². The van der Waals surface area contributed by atoms with Crippen molar-refractivity contribution < 1.29 is 18.3 Å². The van der Waals surface area contributed by atoms with Gasteiger partial charge in [-0.15, -0.1) is 0 Å². The van der Waals surface area contributed by atoms with Crippen LogP contribution in [0.1, 0.15) is 25.3 Å². The van der Waals surface area contributed by atoms with Crippen LogP contribution in [0.25, 0.3) is 0 Å². The third-order valence-electron chi connectivity index (χ3n) is 3.06. The summed E-state index contributed by atoms with van der Waals surface area (Å²) in [6, 6.07) is 7.52. The Morgan fingerprint density at radius 2 is 1.89 bits per heavy atom. The van der Waals surface area contributed by atoms with Gasteiger partial charge in [-0.1, -0.05) is 19.1 Å². The lowest BCUT2D eigenvalue weighted by Crippen LogP contribution is -2.14. The van der Waals surface area contributed by atoms with Gasteiger partial charge < -0.3 is 9.84 Å². The highest BCUT2D eigenvalue weighted by Gasteiger charge is 2.10. The molecule has 0 aliphatic heterocycles. The predicted octanol–water partition coefficient (Wildman–Crippen LogP) is 1.81. The minimum Gasteiger partial charge on any atom is -0.497 e. The average molecular weight is 286 g/mol. The lowest BCUT2D eigenvalue weighted by atomic mass is 10.0. The summed E-state index contributed by atoms with van der Waals surface area (Å²) in [5.41, 5.74) is 1.02. The largest absolute Gasteiger partial charge is 0.497 e. The van der Waals surface area contributed by atoms with Gasteiger partial charge in [0.15, 0.2) is 0 Å². The lowest BCUT2D eigenvalue weighted by Gasteiger charge is -2.11. The van der Waals surface area contributed by atoms with Gasteiger partial charge in [-0.25, -0.2) is 8.42 Å². The van der Waals surface area contributed by atoms with Gasteiger partial charge in [0.2, 0.25) is 0 Å². The molecule has 0 fully saturated rings. The Balaban J connectivity index is 2.36. The maximum Gasteiger partial charge on any atom is 0.150 e. The summed E-state index contributed by atoms with van der Waals surface area (Å²) in [5.74, 6) is 1.11. The third kappa shape index (κ3) is 6.07. The van der Waals surface area contributed by atoms with Crippen LogP contribution in [0.5, 0.6) is 5.75 Å². The number of ether oxygens (including phenoxy) is 1. The molecule has 0 bridgehead atoms. The van der Waals surface area contributed by atoms with E-state index >= 15 is 0 Å². The molecule has 5 heteroatoms. The average Bonchev–Trinajstić information content (AvgIpc) is 2.39. The fraction of sp³-hybridized carbons (Fsp3) is 0.571. The molecule has 0 aliphatic rings. The van der Waals surface area contributed by atoms with Crippen LogP contribution in [-0.4, -0.2) is 38.2 Å². The van der Waals surface area contributed by atoms with E-state index in [1.54, 1.807) is 14.0 Å². The molecule has 0 spiro atoms. The number of rotatable bonds is 8. The van der Waals surface area contributed by atoms with Gasteiger partial charge in [-0.05, 0) is 37.0 Å². The van der Waals surface area contributed by atoms with Crippen LogP contribution < -0.4 is 4.74 Å². The highest BCUT2D eigenvalue weighted by atomic mass is 32.2. The quantitative estimate of drug-likeness (QED) is 0.791. The third-order valence-corrected chi connectivity index (χ3v) is 4.85. The van der Waals surface area contributed by atoms with Crippen molar-refractivity contribution in [2.24, 2.45) is 0 Å². The molecule has 4 nitrogen and oxygen atoms in total. The molecule has 0 aliphatic carbocycles. The van der Waals surface area contributed by atoms with Gasteiger partial charge >= 0.3 is 0 Å². The van der Waals surface area contributed by atoms with Crippen LogP contribution >= 0.6 is 0 Å². The Bertz CT molecular complexity index is 465. The summed E-state index contributed by atoms with van der Waals surface area (Å²) in [6.07, 6.45) is 1.05. The van der Waals surface area contributed by atoms with Crippen molar-refractivity contribution in [3.63, 3.8) is 0 Å². The summed E-state index contributed by atoms with van der Waals surface area (Å²) in [4.78, 5) is 0. The van der Waals surface area contributed by atoms with Crippen molar-refractivity contribution in [3.05, 3.63) is 29.8 Å². The lowest BCUT2D eigenvalue weighted by molar-refractivity contribution is 0.164. The summed E-state index contributed by atoms with van der Waals surface area (Å²) in [5, 5.41) is 9.87. The number of methoxy groups -OCH3 is 1. The van der Waals surface area contributed by atoms with Crippen LogP contribution in [0, 0.1) is 0 Å². The topological polar surface area (TPSA) is 63.6 Å². The Morgan fingerprint density at radius 3 is 2.42 bits per heavy atom. The SMILES string of the molecule is CCS(=O)(=O)CCCC(O)Cc1ccc(OC)cc1. The zero-order chi connectivity index (χ0) is 14.3. The first-order valence-electron chi connectivity index (χ1n) is 6.48. The zero-order valence-corrected chi connectivity index (χ0v) is 12.3. The highest BCUT2D eigenvalue weighted by Crippen LogP contribution is 2.14. The van der Waals surface area contributed by atoms with E-state index in [0.717, 1.165) is 11.3 Å². The van der Waals surface area contributed by atoms with Gasteiger partial charge in [0.1, 0.15) is 15.6 Å². The molecule has 0 aromatic heterocycles. The number of hydrogen-bond acceptors (Lipinski definition) is 4.